The molecule has 20 heavy (non-hydrogen) atoms. The minimum atomic E-state index is -0.363. The molecular formula is C14H14BrN3O2. The molecular weight excluding hydrogens is 322 g/mol. The molecule has 1 fully saturated rings. The molecule has 0 bridgehead atoms. The van der Waals surface area contributed by atoms with E-state index in [1.165, 1.54) is 0 Å². The van der Waals surface area contributed by atoms with Crippen LogP contribution in [0.15, 0.2) is 35.1 Å². The number of nitrogen functional groups attached to an aromatic ring is 1. The first-order valence-corrected chi connectivity index (χ1v) is 7.17. The normalized spacial score (nSPS) is 14.2. The van der Waals surface area contributed by atoms with Gasteiger partial charge in [0.2, 0.25) is 0 Å². The molecule has 2 N–H and O–H groups in total. The van der Waals surface area contributed by atoms with Crippen molar-refractivity contribution in [1.82, 2.24) is 9.55 Å². The number of nitrogens with zero attached hydrogens (tertiary/aromatic N) is 2. The van der Waals surface area contributed by atoms with Gasteiger partial charge in [-0.2, -0.15) is 0 Å². The molecule has 3 rings (SSSR count). The van der Waals surface area contributed by atoms with Gasteiger partial charge in [0.25, 0.3) is 0 Å². The van der Waals surface area contributed by atoms with Crippen molar-refractivity contribution in [2.75, 3.05) is 5.73 Å². The molecule has 6 heteroatoms. The van der Waals surface area contributed by atoms with Gasteiger partial charge in [-0.15, -0.1) is 0 Å². The van der Waals surface area contributed by atoms with Crippen LogP contribution in [0.1, 0.15) is 35.1 Å². The number of hydrogen-bond acceptors (Lipinski definition) is 4. The quantitative estimate of drug-likeness (QED) is 0.872. The summed E-state index contributed by atoms with van der Waals surface area (Å²) >= 11 is 3.31. The van der Waals surface area contributed by atoms with Crippen molar-refractivity contribution in [2.24, 2.45) is 0 Å². The number of nitrogens with two attached hydrogens (primary N) is 1. The highest BCUT2D eigenvalue weighted by atomic mass is 79.9. The summed E-state index contributed by atoms with van der Waals surface area (Å²) in [6.45, 7) is 0.155. The van der Waals surface area contributed by atoms with E-state index in [1.807, 2.05) is 16.7 Å². The predicted molar refractivity (Wildman–Crippen MR) is 78.2 cm³/mol. The third-order valence-corrected chi connectivity index (χ3v) is 3.63. The molecule has 104 valence electrons. The van der Waals surface area contributed by atoms with Gasteiger partial charge in [0, 0.05) is 22.9 Å². The van der Waals surface area contributed by atoms with Crippen LogP contribution in [0.3, 0.4) is 0 Å². The van der Waals surface area contributed by atoms with Gasteiger partial charge in [0.1, 0.15) is 12.3 Å². The van der Waals surface area contributed by atoms with Crippen molar-refractivity contribution in [2.45, 2.75) is 25.5 Å². The first kappa shape index (κ1) is 13.2. The van der Waals surface area contributed by atoms with Crippen molar-refractivity contribution >= 4 is 27.6 Å². The summed E-state index contributed by atoms with van der Waals surface area (Å²) in [6.07, 6.45) is 5.64. The molecule has 5 nitrogen and oxygen atoms in total. The Morgan fingerprint density at radius 2 is 2.30 bits per heavy atom. The van der Waals surface area contributed by atoms with Gasteiger partial charge < -0.3 is 15.0 Å². The molecule has 1 aliphatic carbocycles. The number of esters is 1. The number of carbonyl (C=O) groups excluding carboxylic acids is 1. The van der Waals surface area contributed by atoms with Crippen LogP contribution < -0.4 is 5.73 Å². The summed E-state index contributed by atoms with van der Waals surface area (Å²) in [5, 5.41) is 0. The van der Waals surface area contributed by atoms with Gasteiger partial charge in [-0.05, 0) is 47.0 Å². The van der Waals surface area contributed by atoms with E-state index < -0.39 is 0 Å². The van der Waals surface area contributed by atoms with Crippen molar-refractivity contribution in [3.8, 4) is 0 Å². The predicted octanol–water partition coefficient (Wildman–Crippen LogP) is 2.92. The van der Waals surface area contributed by atoms with Gasteiger partial charge in [-0.1, -0.05) is 0 Å². The van der Waals surface area contributed by atoms with Gasteiger partial charge in [-0.25, -0.2) is 4.79 Å². The molecule has 0 aliphatic heterocycles. The highest BCUT2D eigenvalue weighted by Gasteiger charge is 2.28. The van der Waals surface area contributed by atoms with Crippen molar-refractivity contribution < 1.29 is 9.53 Å². The standard InChI is InChI=1S/C14H14BrN3O2/c15-9-1-2-11(17-6-9)8-20-14(19)13-5-10(16)7-18(13)12-3-4-12/h1-2,5-7,12H,3-4,8,16H2. The van der Waals surface area contributed by atoms with E-state index in [-0.39, 0.29) is 12.6 Å². The molecule has 2 heterocycles. The fourth-order valence-corrected chi connectivity index (χ4v) is 2.26. The highest BCUT2D eigenvalue weighted by molar-refractivity contribution is 9.10. The van der Waals surface area contributed by atoms with E-state index in [4.69, 9.17) is 10.5 Å². The van der Waals surface area contributed by atoms with Crippen molar-refractivity contribution in [3.05, 3.63) is 46.5 Å². The summed E-state index contributed by atoms with van der Waals surface area (Å²) in [4.78, 5) is 16.3. The third-order valence-electron chi connectivity index (χ3n) is 3.16. The van der Waals surface area contributed by atoms with E-state index in [2.05, 4.69) is 20.9 Å². The Hall–Kier alpha value is -1.82. The Balaban J connectivity index is 1.68. The topological polar surface area (TPSA) is 70.1 Å². The number of ether oxygens (including phenoxy) is 1. The zero-order valence-electron chi connectivity index (χ0n) is 10.8. The number of rotatable bonds is 4. The summed E-state index contributed by atoms with van der Waals surface area (Å²) in [5.74, 6) is -0.363. The molecule has 0 amide bonds. The zero-order chi connectivity index (χ0) is 14.1. The van der Waals surface area contributed by atoms with Gasteiger partial charge in [-0.3, -0.25) is 4.98 Å². The average molecular weight is 336 g/mol. The fraction of sp³-hybridized carbons (Fsp3) is 0.286. The van der Waals surface area contributed by atoms with Crippen LogP contribution in [0.4, 0.5) is 5.69 Å². The third kappa shape index (κ3) is 2.85. The maximum absolute atomic E-state index is 12.1. The number of pyridine rings is 1. The van der Waals surface area contributed by atoms with Crippen LogP contribution in [-0.2, 0) is 11.3 Å². The zero-order valence-corrected chi connectivity index (χ0v) is 12.3. The first-order valence-electron chi connectivity index (χ1n) is 6.38. The van der Waals surface area contributed by atoms with Gasteiger partial charge in [0.05, 0.1) is 11.4 Å². The second-order valence-electron chi connectivity index (χ2n) is 4.84. The molecule has 2 aromatic heterocycles. The molecule has 2 aromatic rings. The molecule has 1 saturated carbocycles. The lowest BCUT2D eigenvalue weighted by molar-refractivity contribution is 0.0455. The second-order valence-corrected chi connectivity index (χ2v) is 5.76. The molecule has 1 aliphatic rings. The second kappa shape index (κ2) is 5.28. The summed E-state index contributed by atoms with van der Waals surface area (Å²) in [5.41, 5.74) is 7.57. The lowest BCUT2D eigenvalue weighted by atomic mass is 10.3. The van der Waals surface area contributed by atoms with E-state index in [1.54, 1.807) is 18.5 Å². The van der Waals surface area contributed by atoms with Crippen LogP contribution >= 0.6 is 15.9 Å². The Bertz CT molecular complexity index is 632. The Morgan fingerprint density at radius 1 is 1.50 bits per heavy atom. The Morgan fingerprint density at radius 3 is 2.95 bits per heavy atom. The Kier molecular flexibility index (Phi) is 3.48. The monoisotopic (exact) mass is 335 g/mol. The summed E-state index contributed by atoms with van der Waals surface area (Å²) in [7, 11) is 0. The summed E-state index contributed by atoms with van der Waals surface area (Å²) in [6, 6.07) is 5.73. The highest BCUT2D eigenvalue weighted by Crippen LogP contribution is 2.37. The van der Waals surface area contributed by atoms with E-state index in [0.717, 1.165) is 17.3 Å². The number of carbonyl (C=O) groups is 1. The smallest absolute Gasteiger partial charge is 0.355 e. The van der Waals surface area contributed by atoms with Gasteiger partial charge in [0.15, 0.2) is 0 Å². The SMILES string of the molecule is Nc1cc(C(=O)OCc2ccc(Br)cn2)n(C2CC2)c1. The Labute approximate surface area is 124 Å². The number of anilines is 1. The minimum Gasteiger partial charge on any atom is -0.455 e. The minimum absolute atomic E-state index is 0.155. The lowest BCUT2D eigenvalue weighted by Gasteiger charge is -2.07. The van der Waals surface area contributed by atoms with Crippen molar-refractivity contribution in [1.29, 1.82) is 0 Å². The fourth-order valence-electron chi connectivity index (χ4n) is 2.02. The number of halogens is 1. The van der Waals surface area contributed by atoms with Crippen LogP contribution in [0.5, 0.6) is 0 Å². The van der Waals surface area contributed by atoms with Gasteiger partial charge >= 0.3 is 5.97 Å². The number of aromatic nitrogens is 2. The summed E-state index contributed by atoms with van der Waals surface area (Å²) < 4.78 is 8.09. The van der Waals surface area contributed by atoms with Crippen LogP contribution in [-0.4, -0.2) is 15.5 Å². The van der Waals surface area contributed by atoms with Crippen LogP contribution in [0.2, 0.25) is 0 Å². The van der Waals surface area contributed by atoms with E-state index in [0.29, 0.717) is 23.1 Å². The molecule has 0 aromatic carbocycles. The molecule has 0 radical (unpaired) electrons. The van der Waals surface area contributed by atoms with Crippen LogP contribution in [0.25, 0.3) is 0 Å². The van der Waals surface area contributed by atoms with Crippen LogP contribution in [0, 0.1) is 0 Å². The lowest BCUT2D eigenvalue weighted by Crippen LogP contribution is -2.11. The average Bonchev–Trinajstić information content (AvgIpc) is 3.20. The van der Waals surface area contributed by atoms with E-state index in [9.17, 15) is 4.79 Å². The van der Waals surface area contributed by atoms with Crippen molar-refractivity contribution in [3.63, 3.8) is 0 Å². The molecule has 0 unspecified atom stereocenters. The molecule has 0 atom stereocenters. The number of hydrogen-bond donors (Lipinski definition) is 1. The first-order chi connectivity index (χ1) is 9.63. The maximum atomic E-state index is 12.1. The largest absolute Gasteiger partial charge is 0.455 e. The maximum Gasteiger partial charge on any atom is 0.355 e. The molecule has 0 spiro atoms. The molecule has 0 saturated heterocycles. The van der Waals surface area contributed by atoms with E-state index >= 15 is 0 Å².